The van der Waals surface area contributed by atoms with E-state index in [4.69, 9.17) is 11.6 Å². The second-order valence-electron chi connectivity index (χ2n) is 7.07. The molecule has 1 fully saturated rings. The lowest BCUT2D eigenvalue weighted by Gasteiger charge is -2.27. The zero-order chi connectivity index (χ0) is 20.1. The summed E-state index contributed by atoms with van der Waals surface area (Å²) < 4.78 is 0. The Morgan fingerprint density at radius 2 is 1.93 bits per heavy atom. The summed E-state index contributed by atoms with van der Waals surface area (Å²) >= 11 is 6.10. The standard InChI is InChI=1S/C19H26ClN7O/c1-13-7-8-14(11-15(13)20)22-19(28)21-12-16-23-17(26(2)3)25-18(24-16)27-9-5-4-6-10-27/h7-8,11H,4-6,9-10,12H2,1-3H3,(H2,21,22,28). The first-order chi connectivity index (χ1) is 13.4. The number of carbonyl (C=O) groups is 1. The van der Waals surface area contributed by atoms with Crippen molar-refractivity contribution in [1.29, 1.82) is 0 Å². The van der Waals surface area contributed by atoms with Gasteiger partial charge in [-0.2, -0.15) is 15.0 Å². The zero-order valence-corrected chi connectivity index (χ0v) is 17.3. The summed E-state index contributed by atoms with van der Waals surface area (Å²) in [5, 5.41) is 6.17. The molecule has 0 aliphatic carbocycles. The van der Waals surface area contributed by atoms with Gasteiger partial charge in [-0.25, -0.2) is 4.79 Å². The first-order valence-corrected chi connectivity index (χ1v) is 9.78. The molecule has 150 valence electrons. The van der Waals surface area contributed by atoms with Gasteiger partial charge in [0.05, 0.1) is 6.54 Å². The van der Waals surface area contributed by atoms with Gasteiger partial charge < -0.3 is 20.4 Å². The Bertz CT molecular complexity index is 837. The van der Waals surface area contributed by atoms with Gasteiger partial charge in [0, 0.05) is 37.9 Å². The molecule has 9 heteroatoms. The molecular formula is C19H26ClN7O. The molecule has 1 aromatic heterocycles. The van der Waals surface area contributed by atoms with Crippen LogP contribution in [0.1, 0.15) is 30.7 Å². The van der Waals surface area contributed by atoms with Crippen LogP contribution in [0, 0.1) is 6.92 Å². The van der Waals surface area contributed by atoms with Crippen LogP contribution in [-0.4, -0.2) is 48.2 Å². The minimum absolute atomic E-state index is 0.204. The number of hydrogen-bond acceptors (Lipinski definition) is 6. The molecule has 0 atom stereocenters. The highest BCUT2D eigenvalue weighted by Crippen LogP contribution is 2.20. The molecule has 0 spiro atoms. The largest absolute Gasteiger partial charge is 0.347 e. The molecule has 0 bridgehead atoms. The number of halogens is 1. The van der Waals surface area contributed by atoms with E-state index in [1.165, 1.54) is 6.42 Å². The quantitative estimate of drug-likeness (QED) is 0.797. The van der Waals surface area contributed by atoms with Gasteiger partial charge in [0.2, 0.25) is 11.9 Å². The predicted molar refractivity (Wildman–Crippen MR) is 112 cm³/mol. The minimum Gasteiger partial charge on any atom is -0.347 e. The van der Waals surface area contributed by atoms with Gasteiger partial charge >= 0.3 is 6.03 Å². The number of hydrogen-bond donors (Lipinski definition) is 2. The SMILES string of the molecule is Cc1ccc(NC(=O)NCc2nc(N(C)C)nc(N3CCCCC3)n2)cc1Cl. The number of amides is 2. The third-order valence-corrected chi connectivity index (χ3v) is 4.94. The summed E-state index contributed by atoms with van der Waals surface area (Å²) in [7, 11) is 3.78. The van der Waals surface area contributed by atoms with Crippen LogP contribution in [0.4, 0.5) is 22.4 Å². The third-order valence-electron chi connectivity index (χ3n) is 4.53. The van der Waals surface area contributed by atoms with E-state index in [0.717, 1.165) is 31.5 Å². The van der Waals surface area contributed by atoms with Crippen molar-refractivity contribution < 1.29 is 4.79 Å². The number of rotatable bonds is 5. The van der Waals surface area contributed by atoms with E-state index in [9.17, 15) is 4.79 Å². The maximum atomic E-state index is 12.2. The highest BCUT2D eigenvalue weighted by molar-refractivity contribution is 6.31. The average Bonchev–Trinajstić information content (AvgIpc) is 2.69. The smallest absolute Gasteiger partial charge is 0.319 e. The highest BCUT2D eigenvalue weighted by atomic mass is 35.5. The Kier molecular flexibility index (Phi) is 6.51. The van der Waals surface area contributed by atoms with E-state index in [0.29, 0.717) is 28.4 Å². The number of aryl methyl sites for hydroxylation is 1. The molecule has 1 aliphatic rings. The fourth-order valence-corrected chi connectivity index (χ4v) is 3.10. The van der Waals surface area contributed by atoms with Crippen LogP contribution in [0.25, 0.3) is 0 Å². The number of nitrogens with zero attached hydrogens (tertiary/aromatic N) is 5. The van der Waals surface area contributed by atoms with Gasteiger partial charge in [-0.15, -0.1) is 0 Å². The summed E-state index contributed by atoms with van der Waals surface area (Å²) in [4.78, 5) is 29.8. The highest BCUT2D eigenvalue weighted by Gasteiger charge is 2.17. The fraction of sp³-hybridized carbons (Fsp3) is 0.474. The first-order valence-electron chi connectivity index (χ1n) is 9.40. The molecule has 1 aliphatic heterocycles. The summed E-state index contributed by atoms with van der Waals surface area (Å²) in [6.45, 7) is 4.00. The maximum absolute atomic E-state index is 12.2. The molecule has 0 radical (unpaired) electrons. The average molecular weight is 404 g/mol. The molecule has 8 nitrogen and oxygen atoms in total. The van der Waals surface area contributed by atoms with Crippen molar-refractivity contribution >= 4 is 35.2 Å². The number of anilines is 3. The topological polar surface area (TPSA) is 86.3 Å². The monoisotopic (exact) mass is 403 g/mol. The molecule has 1 aromatic carbocycles. The van der Waals surface area contributed by atoms with Gasteiger partial charge in [-0.3, -0.25) is 0 Å². The van der Waals surface area contributed by atoms with E-state index < -0.39 is 0 Å². The van der Waals surface area contributed by atoms with Crippen LogP contribution < -0.4 is 20.4 Å². The number of piperidine rings is 1. The number of urea groups is 1. The fourth-order valence-electron chi connectivity index (χ4n) is 2.91. The predicted octanol–water partition coefficient (Wildman–Crippen LogP) is 3.21. The number of nitrogens with one attached hydrogen (secondary N) is 2. The van der Waals surface area contributed by atoms with E-state index in [-0.39, 0.29) is 12.6 Å². The van der Waals surface area contributed by atoms with Crippen LogP contribution in [0.15, 0.2) is 18.2 Å². The Labute approximate surface area is 170 Å². The lowest BCUT2D eigenvalue weighted by molar-refractivity contribution is 0.251. The normalized spacial score (nSPS) is 13.9. The molecule has 1 saturated heterocycles. The van der Waals surface area contributed by atoms with E-state index in [1.54, 1.807) is 6.07 Å². The van der Waals surface area contributed by atoms with Gasteiger partial charge in [-0.05, 0) is 43.9 Å². The Morgan fingerprint density at radius 1 is 1.18 bits per heavy atom. The molecule has 0 unspecified atom stereocenters. The lowest BCUT2D eigenvalue weighted by atomic mass is 10.1. The molecule has 2 heterocycles. The molecule has 2 N–H and O–H groups in total. The van der Waals surface area contributed by atoms with Crippen LogP contribution in [-0.2, 0) is 6.54 Å². The summed E-state index contributed by atoms with van der Waals surface area (Å²) in [5.41, 5.74) is 1.59. The van der Waals surface area contributed by atoms with Crippen molar-refractivity contribution in [2.45, 2.75) is 32.7 Å². The van der Waals surface area contributed by atoms with Crippen molar-refractivity contribution in [3.63, 3.8) is 0 Å². The van der Waals surface area contributed by atoms with E-state index >= 15 is 0 Å². The molecule has 0 saturated carbocycles. The van der Waals surface area contributed by atoms with Crippen LogP contribution in [0.2, 0.25) is 5.02 Å². The molecule has 3 rings (SSSR count). The van der Waals surface area contributed by atoms with Crippen LogP contribution in [0.5, 0.6) is 0 Å². The van der Waals surface area contributed by atoms with Crippen LogP contribution >= 0.6 is 11.6 Å². The Hall–Kier alpha value is -2.61. The van der Waals surface area contributed by atoms with Crippen molar-refractivity contribution in [3.8, 4) is 0 Å². The van der Waals surface area contributed by atoms with Gasteiger partial charge in [0.1, 0.15) is 0 Å². The van der Waals surface area contributed by atoms with Crippen molar-refractivity contribution in [2.75, 3.05) is 42.3 Å². The van der Waals surface area contributed by atoms with Gasteiger partial charge in [0.25, 0.3) is 0 Å². The molecule has 2 aromatic rings. The van der Waals surface area contributed by atoms with Gasteiger partial charge in [0.15, 0.2) is 5.82 Å². The van der Waals surface area contributed by atoms with Crippen molar-refractivity contribution in [1.82, 2.24) is 20.3 Å². The molecular weight excluding hydrogens is 378 g/mol. The molecule has 2 amide bonds. The van der Waals surface area contributed by atoms with Gasteiger partial charge in [-0.1, -0.05) is 17.7 Å². The van der Waals surface area contributed by atoms with E-state index in [1.807, 2.05) is 38.1 Å². The van der Waals surface area contributed by atoms with Crippen LogP contribution in [0.3, 0.4) is 0 Å². The van der Waals surface area contributed by atoms with Crippen molar-refractivity contribution in [2.24, 2.45) is 0 Å². The van der Waals surface area contributed by atoms with Crippen molar-refractivity contribution in [3.05, 3.63) is 34.6 Å². The number of carbonyl (C=O) groups excluding carboxylic acids is 1. The Balaban J connectivity index is 1.67. The summed E-state index contributed by atoms with van der Waals surface area (Å²) in [6, 6.07) is 5.05. The third kappa shape index (κ3) is 5.22. The summed E-state index contributed by atoms with van der Waals surface area (Å²) in [6.07, 6.45) is 3.51. The second kappa shape index (κ2) is 9.05. The lowest BCUT2D eigenvalue weighted by Crippen LogP contribution is -2.33. The number of benzene rings is 1. The Morgan fingerprint density at radius 3 is 2.61 bits per heavy atom. The second-order valence-corrected chi connectivity index (χ2v) is 7.47. The maximum Gasteiger partial charge on any atom is 0.319 e. The summed E-state index contributed by atoms with van der Waals surface area (Å²) in [5.74, 6) is 1.77. The number of aromatic nitrogens is 3. The zero-order valence-electron chi connectivity index (χ0n) is 16.5. The molecule has 28 heavy (non-hydrogen) atoms. The van der Waals surface area contributed by atoms with E-state index in [2.05, 4.69) is 30.5 Å². The first kappa shape index (κ1) is 20.1. The minimum atomic E-state index is -0.341.